The summed E-state index contributed by atoms with van der Waals surface area (Å²) in [5.74, 6) is 2.99. The highest BCUT2D eigenvalue weighted by Crippen LogP contribution is 2.48. The molecule has 0 aliphatic heterocycles. The molecule has 1 aliphatic rings. The van der Waals surface area contributed by atoms with Crippen LogP contribution < -0.4 is 10.6 Å². The number of guanidine groups is 1. The number of ether oxygens (including phenoxy) is 1. The van der Waals surface area contributed by atoms with Crippen molar-refractivity contribution in [2.75, 3.05) is 44.9 Å². The molecule has 7 heteroatoms. The number of aliphatic imine (C=N–C) groups is 1. The van der Waals surface area contributed by atoms with Crippen molar-refractivity contribution >= 4 is 41.7 Å². The van der Waals surface area contributed by atoms with Crippen LogP contribution in [0, 0.1) is 5.41 Å². The lowest BCUT2D eigenvalue weighted by Gasteiger charge is -2.15. The maximum absolute atomic E-state index is 5.51. The maximum atomic E-state index is 5.51. The van der Waals surface area contributed by atoms with Gasteiger partial charge in [-0.3, -0.25) is 4.99 Å². The van der Waals surface area contributed by atoms with E-state index in [0.29, 0.717) is 5.41 Å². The monoisotopic (exact) mass is 481 g/mol. The van der Waals surface area contributed by atoms with E-state index in [0.717, 1.165) is 63.2 Å². The lowest BCUT2D eigenvalue weighted by molar-refractivity contribution is 0.129. The van der Waals surface area contributed by atoms with E-state index < -0.39 is 0 Å². The standard InChI is InChI=1S/C18H31N3O2S.HI/c1-3-22-13-9-18(7-8-18)15-21-17(20-11-14-24-2)19-10-6-16-5-4-12-23-16;/h4-5,12H,3,6-11,13-15H2,1-2H3,(H2,19,20,21);1H. The molecule has 0 spiro atoms. The number of nitrogens with zero attached hydrogens (tertiary/aromatic N) is 1. The number of hydrogen-bond donors (Lipinski definition) is 2. The molecule has 144 valence electrons. The van der Waals surface area contributed by atoms with Crippen molar-refractivity contribution in [3.8, 4) is 0 Å². The molecule has 0 unspecified atom stereocenters. The van der Waals surface area contributed by atoms with Crippen LogP contribution in [0.15, 0.2) is 27.8 Å². The van der Waals surface area contributed by atoms with E-state index in [9.17, 15) is 0 Å². The summed E-state index contributed by atoms with van der Waals surface area (Å²) in [5.41, 5.74) is 0.379. The molecule has 2 rings (SSSR count). The summed E-state index contributed by atoms with van der Waals surface area (Å²) in [7, 11) is 0. The zero-order valence-corrected chi connectivity index (χ0v) is 18.5. The Labute approximate surface area is 173 Å². The minimum Gasteiger partial charge on any atom is -0.469 e. The van der Waals surface area contributed by atoms with Crippen LogP contribution in [-0.4, -0.2) is 50.8 Å². The molecule has 0 radical (unpaired) electrons. The van der Waals surface area contributed by atoms with Crippen molar-refractivity contribution in [2.24, 2.45) is 10.4 Å². The van der Waals surface area contributed by atoms with Crippen LogP contribution in [-0.2, 0) is 11.2 Å². The quantitative estimate of drug-likeness (QED) is 0.207. The summed E-state index contributed by atoms with van der Waals surface area (Å²) in [6.45, 7) is 6.34. The van der Waals surface area contributed by atoms with Crippen molar-refractivity contribution in [1.82, 2.24) is 10.6 Å². The minimum atomic E-state index is 0. The first-order valence-corrected chi connectivity index (χ1v) is 10.3. The smallest absolute Gasteiger partial charge is 0.191 e. The van der Waals surface area contributed by atoms with Gasteiger partial charge in [0.25, 0.3) is 0 Å². The van der Waals surface area contributed by atoms with Gasteiger partial charge in [-0.2, -0.15) is 11.8 Å². The second-order valence-electron chi connectivity index (χ2n) is 6.29. The third-order valence-corrected chi connectivity index (χ3v) is 4.97. The number of rotatable bonds is 12. The molecule has 1 fully saturated rings. The van der Waals surface area contributed by atoms with E-state index in [4.69, 9.17) is 14.1 Å². The normalized spacial score (nSPS) is 15.5. The van der Waals surface area contributed by atoms with Crippen LogP contribution >= 0.6 is 35.7 Å². The Balaban J connectivity index is 0.00000312. The van der Waals surface area contributed by atoms with Gasteiger partial charge in [0.1, 0.15) is 5.76 Å². The van der Waals surface area contributed by atoms with Crippen LogP contribution in [0.3, 0.4) is 0 Å². The highest BCUT2D eigenvalue weighted by Gasteiger charge is 2.41. The molecule has 1 aliphatic carbocycles. The van der Waals surface area contributed by atoms with E-state index >= 15 is 0 Å². The fourth-order valence-corrected chi connectivity index (χ4v) is 2.85. The van der Waals surface area contributed by atoms with Gasteiger partial charge in [-0.1, -0.05) is 0 Å². The number of hydrogen-bond acceptors (Lipinski definition) is 4. The number of thioether (sulfide) groups is 1. The summed E-state index contributed by atoms with van der Waals surface area (Å²) in [5, 5.41) is 6.85. The van der Waals surface area contributed by atoms with E-state index in [-0.39, 0.29) is 24.0 Å². The lowest BCUT2D eigenvalue weighted by atomic mass is 10.0. The van der Waals surface area contributed by atoms with Crippen molar-refractivity contribution in [2.45, 2.75) is 32.6 Å². The third kappa shape index (κ3) is 9.19. The fourth-order valence-electron chi connectivity index (χ4n) is 2.55. The van der Waals surface area contributed by atoms with Crippen LogP contribution in [0.4, 0.5) is 0 Å². The largest absolute Gasteiger partial charge is 0.469 e. The topological polar surface area (TPSA) is 58.8 Å². The average molecular weight is 481 g/mol. The van der Waals surface area contributed by atoms with Gasteiger partial charge in [-0.15, -0.1) is 24.0 Å². The molecule has 0 saturated heterocycles. The molecule has 1 aromatic rings. The summed E-state index contributed by atoms with van der Waals surface area (Å²) in [6, 6.07) is 3.93. The summed E-state index contributed by atoms with van der Waals surface area (Å²) >= 11 is 1.84. The Hall–Kier alpha value is -0.410. The Morgan fingerprint density at radius 3 is 2.80 bits per heavy atom. The highest BCUT2D eigenvalue weighted by atomic mass is 127. The zero-order chi connectivity index (χ0) is 17.1. The van der Waals surface area contributed by atoms with Crippen LogP contribution in [0.5, 0.6) is 0 Å². The Bertz CT molecular complexity index is 479. The Morgan fingerprint density at radius 2 is 2.16 bits per heavy atom. The van der Waals surface area contributed by atoms with E-state index in [2.05, 4.69) is 23.8 Å². The van der Waals surface area contributed by atoms with Gasteiger partial charge in [0, 0.05) is 45.0 Å². The molecule has 0 bridgehead atoms. The van der Waals surface area contributed by atoms with E-state index in [1.165, 1.54) is 12.8 Å². The SMILES string of the molecule is CCOCCC1(CN=C(NCCSC)NCCc2ccco2)CC1.I. The number of furan rings is 1. The average Bonchev–Trinajstić information content (AvgIpc) is 3.16. The van der Waals surface area contributed by atoms with Crippen molar-refractivity contribution in [3.63, 3.8) is 0 Å². The highest BCUT2D eigenvalue weighted by molar-refractivity contribution is 14.0. The zero-order valence-electron chi connectivity index (χ0n) is 15.4. The van der Waals surface area contributed by atoms with Gasteiger partial charge in [-0.25, -0.2) is 0 Å². The Morgan fingerprint density at radius 1 is 1.36 bits per heavy atom. The molecule has 5 nitrogen and oxygen atoms in total. The van der Waals surface area contributed by atoms with Gasteiger partial charge in [0.2, 0.25) is 0 Å². The fraction of sp³-hybridized carbons (Fsp3) is 0.722. The number of nitrogens with one attached hydrogen (secondary N) is 2. The van der Waals surface area contributed by atoms with E-state index in [1.807, 2.05) is 23.9 Å². The van der Waals surface area contributed by atoms with Gasteiger partial charge in [0.15, 0.2) is 5.96 Å². The molecule has 2 N–H and O–H groups in total. The second kappa shape index (κ2) is 12.9. The van der Waals surface area contributed by atoms with Crippen LogP contribution in [0.25, 0.3) is 0 Å². The summed E-state index contributed by atoms with van der Waals surface area (Å²) < 4.78 is 10.9. The van der Waals surface area contributed by atoms with Gasteiger partial charge in [-0.05, 0) is 50.0 Å². The molecule has 0 atom stereocenters. The molecule has 1 aromatic heterocycles. The molecule has 1 heterocycles. The maximum Gasteiger partial charge on any atom is 0.191 e. The summed E-state index contributed by atoms with van der Waals surface area (Å²) in [4.78, 5) is 4.83. The van der Waals surface area contributed by atoms with Crippen LogP contribution in [0.1, 0.15) is 31.9 Å². The molecule has 1 saturated carbocycles. The Kier molecular flexibility index (Phi) is 11.6. The van der Waals surface area contributed by atoms with Crippen molar-refractivity contribution in [1.29, 1.82) is 0 Å². The molecular weight excluding hydrogens is 449 g/mol. The van der Waals surface area contributed by atoms with Crippen molar-refractivity contribution in [3.05, 3.63) is 24.2 Å². The molecule has 25 heavy (non-hydrogen) atoms. The molecule has 0 aromatic carbocycles. The first-order chi connectivity index (χ1) is 11.8. The van der Waals surface area contributed by atoms with Crippen LogP contribution in [0.2, 0.25) is 0 Å². The van der Waals surface area contributed by atoms with Crippen molar-refractivity contribution < 1.29 is 9.15 Å². The summed E-state index contributed by atoms with van der Waals surface area (Å²) in [6.07, 6.45) is 8.37. The first-order valence-electron chi connectivity index (χ1n) is 8.89. The van der Waals surface area contributed by atoms with Gasteiger partial charge < -0.3 is 19.8 Å². The predicted octanol–water partition coefficient (Wildman–Crippen LogP) is 3.55. The number of halogens is 1. The van der Waals surface area contributed by atoms with Gasteiger partial charge in [0.05, 0.1) is 6.26 Å². The molecular formula is C18H32IN3O2S. The van der Waals surface area contributed by atoms with Gasteiger partial charge >= 0.3 is 0 Å². The molecule has 0 amide bonds. The third-order valence-electron chi connectivity index (χ3n) is 4.35. The minimum absolute atomic E-state index is 0. The first kappa shape index (κ1) is 22.6. The second-order valence-corrected chi connectivity index (χ2v) is 7.27. The lowest BCUT2D eigenvalue weighted by Crippen LogP contribution is -2.40. The van der Waals surface area contributed by atoms with E-state index in [1.54, 1.807) is 6.26 Å². The predicted molar refractivity (Wildman–Crippen MR) is 117 cm³/mol.